The number of carbonyl (C=O) groups is 3. The molecule has 2 unspecified atom stereocenters. The summed E-state index contributed by atoms with van der Waals surface area (Å²) >= 11 is 0. The van der Waals surface area contributed by atoms with Gasteiger partial charge in [-0.1, -0.05) is 50.6 Å². The van der Waals surface area contributed by atoms with Crippen LogP contribution in [0.15, 0.2) is 30.3 Å². The number of unbranched alkanes of at least 4 members (excludes halogenated alkanes) is 1. The first kappa shape index (κ1) is 25.6. The van der Waals surface area contributed by atoms with Crippen molar-refractivity contribution in [2.24, 2.45) is 11.8 Å². The van der Waals surface area contributed by atoms with Crippen molar-refractivity contribution in [3.63, 3.8) is 0 Å². The van der Waals surface area contributed by atoms with Crippen molar-refractivity contribution in [2.45, 2.75) is 82.6 Å². The van der Waals surface area contributed by atoms with Gasteiger partial charge in [0, 0.05) is 6.54 Å². The van der Waals surface area contributed by atoms with Gasteiger partial charge in [-0.25, -0.2) is 0 Å². The van der Waals surface area contributed by atoms with Gasteiger partial charge in [0.15, 0.2) is 0 Å². The fraction of sp³-hybridized carbons (Fsp3) is 0.667. The number of carbonyl (C=O) groups excluding carboxylic acids is 3. The highest BCUT2D eigenvalue weighted by Gasteiger charge is 2.79. The van der Waals surface area contributed by atoms with Crippen molar-refractivity contribution in [3.8, 4) is 0 Å². The number of rotatable bonds is 11. The zero-order valence-corrected chi connectivity index (χ0v) is 21.0. The molecule has 2 amide bonds. The molecule has 0 aromatic heterocycles. The molecule has 2 bridgehead atoms. The molecule has 192 valence electrons. The summed E-state index contributed by atoms with van der Waals surface area (Å²) in [6.07, 6.45) is 3.80. The fourth-order valence-corrected chi connectivity index (χ4v) is 6.56. The Hall–Kier alpha value is -2.45. The molecule has 3 heterocycles. The number of hydrogen-bond acceptors (Lipinski definition) is 6. The van der Waals surface area contributed by atoms with Crippen LogP contribution in [-0.4, -0.2) is 70.8 Å². The zero-order valence-electron chi connectivity index (χ0n) is 21.0. The molecule has 3 saturated heterocycles. The summed E-state index contributed by atoms with van der Waals surface area (Å²) in [4.78, 5) is 42.5. The maximum absolute atomic E-state index is 14.1. The lowest BCUT2D eigenvalue weighted by atomic mass is 9.65. The molecule has 0 aliphatic carbocycles. The Morgan fingerprint density at radius 3 is 2.60 bits per heavy atom. The summed E-state index contributed by atoms with van der Waals surface area (Å²) in [5.74, 6) is -2.59. The molecule has 35 heavy (non-hydrogen) atoms. The van der Waals surface area contributed by atoms with E-state index >= 15 is 0 Å². The number of fused-ring (bicyclic) bond motifs is 1. The molecule has 8 nitrogen and oxygen atoms in total. The van der Waals surface area contributed by atoms with Crippen molar-refractivity contribution >= 4 is 17.8 Å². The van der Waals surface area contributed by atoms with Crippen LogP contribution < -0.4 is 5.32 Å². The molecule has 0 saturated carbocycles. The SMILES string of the molecule is CCCCNC(=O)C1N([C@@H](CO)Cc2ccccc2)C(=O)[C@@H]2[C@@H](C(=O)OCC)[C@@]3(CC)CCC12O3. The summed E-state index contributed by atoms with van der Waals surface area (Å²) in [6, 6.07) is 8.07. The lowest BCUT2D eigenvalue weighted by molar-refractivity contribution is -0.161. The van der Waals surface area contributed by atoms with E-state index in [1.165, 1.54) is 4.90 Å². The van der Waals surface area contributed by atoms with Crippen LogP contribution in [0, 0.1) is 11.8 Å². The molecule has 8 heteroatoms. The lowest BCUT2D eigenvalue weighted by Gasteiger charge is -2.37. The number of likely N-dealkylation sites (tertiary alicyclic amines) is 1. The van der Waals surface area contributed by atoms with Crippen LogP contribution in [0.3, 0.4) is 0 Å². The summed E-state index contributed by atoms with van der Waals surface area (Å²) in [5, 5.41) is 13.4. The molecule has 0 radical (unpaired) electrons. The number of benzene rings is 1. The Balaban J connectivity index is 1.76. The number of aliphatic hydroxyl groups is 1. The Kier molecular flexibility index (Phi) is 7.52. The van der Waals surface area contributed by atoms with Gasteiger partial charge in [-0.15, -0.1) is 0 Å². The quantitative estimate of drug-likeness (QED) is 0.367. The first-order chi connectivity index (χ1) is 16.9. The molecular weight excluding hydrogens is 448 g/mol. The van der Waals surface area contributed by atoms with E-state index in [2.05, 4.69) is 5.32 Å². The first-order valence-corrected chi connectivity index (χ1v) is 13.0. The van der Waals surface area contributed by atoms with Gasteiger partial charge in [-0.2, -0.15) is 0 Å². The topological polar surface area (TPSA) is 105 Å². The Labute approximate surface area is 207 Å². The average molecular weight is 487 g/mol. The van der Waals surface area contributed by atoms with Gasteiger partial charge in [0.25, 0.3) is 0 Å². The van der Waals surface area contributed by atoms with Gasteiger partial charge in [-0.3, -0.25) is 14.4 Å². The van der Waals surface area contributed by atoms with Crippen LogP contribution >= 0.6 is 0 Å². The maximum Gasteiger partial charge on any atom is 0.312 e. The maximum atomic E-state index is 14.1. The van der Waals surface area contributed by atoms with Crippen molar-refractivity contribution in [3.05, 3.63) is 35.9 Å². The summed E-state index contributed by atoms with van der Waals surface area (Å²) in [7, 11) is 0. The third kappa shape index (κ3) is 4.14. The number of hydrogen-bond donors (Lipinski definition) is 2. The molecule has 2 N–H and O–H groups in total. The minimum Gasteiger partial charge on any atom is -0.466 e. The van der Waals surface area contributed by atoms with Gasteiger partial charge in [0.05, 0.1) is 30.8 Å². The van der Waals surface area contributed by atoms with Crippen LogP contribution in [-0.2, 0) is 30.3 Å². The highest BCUT2D eigenvalue weighted by Crippen LogP contribution is 2.64. The predicted molar refractivity (Wildman–Crippen MR) is 129 cm³/mol. The van der Waals surface area contributed by atoms with Gasteiger partial charge >= 0.3 is 5.97 Å². The molecular formula is C27H38N2O6. The fourth-order valence-electron chi connectivity index (χ4n) is 6.56. The molecule has 1 aromatic rings. The lowest BCUT2D eigenvalue weighted by Crippen LogP contribution is -2.58. The largest absolute Gasteiger partial charge is 0.466 e. The predicted octanol–water partition coefficient (Wildman–Crippen LogP) is 2.22. The normalized spacial score (nSPS) is 31.9. The average Bonchev–Trinajstić information content (AvgIpc) is 3.47. The van der Waals surface area contributed by atoms with E-state index in [1.54, 1.807) is 6.92 Å². The van der Waals surface area contributed by atoms with Gasteiger partial charge in [-0.05, 0) is 44.6 Å². The van der Waals surface area contributed by atoms with Gasteiger partial charge in [0.1, 0.15) is 17.6 Å². The van der Waals surface area contributed by atoms with Gasteiger partial charge < -0.3 is 24.8 Å². The second-order valence-electron chi connectivity index (χ2n) is 10.0. The van der Waals surface area contributed by atoms with Crippen LogP contribution in [0.4, 0.5) is 0 Å². The van der Waals surface area contributed by atoms with E-state index in [4.69, 9.17) is 9.47 Å². The number of ether oxygens (including phenoxy) is 2. The smallest absolute Gasteiger partial charge is 0.312 e. The second-order valence-corrected chi connectivity index (χ2v) is 10.0. The standard InChI is InChI=1S/C27H38N2O6/c1-4-7-15-28-23(31)22-27-14-13-26(5-2,35-27)21(25(33)34-6-3)20(27)24(32)29(22)19(17-30)16-18-11-9-8-10-12-18/h8-12,19-22,30H,4-7,13-17H2,1-3H3,(H,28,31)/t19-,20+,21+,22?,26-,27?/m1/s1. The molecule has 3 aliphatic rings. The third-order valence-electron chi connectivity index (χ3n) is 8.16. The van der Waals surface area contributed by atoms with E-state index in [0.29, 0.717) is 32.2 Å². The number of nitrogens with zero attached hydrogens (tertiary/aromatic N) is 1. The van der Waals surface area contributed by atoms with Crippen molar-refractivity contribution in [1.82, 2.24) is 10.2 Å². The van der Waals surface area contributed by atoms with Crippen LogP contribution in [0.1, 0.15) is 58.4 Å². The van der Waals surface area contributed by atoms with Crippen LogP contribution in [0.25, 0.3) is 0 Å². The summed E-state index contributed by atoms with van der Waals surface area (Å²) < 4.78 is 12.1. The van der Waals surface area contributed by atoms with Crippen molar-refractivity contribution in [1.29, 1.82) is 0 Å². The highest BCUT2D eigenvalue weighted by molar-refractivity contribution is 5.98. The van der Waals surface area contributed by atoms with Crippen LogP contribution in [0.2, 0.25) is 0 Å². The first-order valence-electron chi connectivity index (χ1n) is 13.0. The zero-order chi connectivity index (χ0) is 25.2. The Bertz CT molecular complexity index is 939. The molecule has 6 atom stereocenters. The molecule has 3 fully saturated rings. The minimum atomic E-state index is -1.11. The monoisotopic (exact) mass is 486 g/mol. The molecule has 4 rings (SSSR count). The Morgan fingerprint density at radius 1 is 1.23 bits per heavy atom. The van der Waals surface area contributed by atoms with E-state index in [1.807, 2.05) is 44.2 Å². The molecule has 1 spiro atoms. The van der Waals surface area contributed by atoms with Crippen LogP contribution in [0.5, 0.6) is 0 Å². The number of aliphatic hydroxyl groups excluding tert-OH is 1. The Morgan fingerprint density at radius 2 is 1.97 bits per heavy atom. The van der Waals surface area contributed by atoms with Crippen molar-refractivity contribution in [2.75, 3.05) is 19.8 Å². The molecule has 3 aliphatic heterocycles. The number of nitrogens with one attached hydrogen (secondary N) is 1. The second kappa shape index (κ2) is 10.3. The van der Waals surface area contributed by atoms with E-state index in [9.17, 15) is 19.5 Å². The third-order valence-corrected chi connectivity index (χ3v) is 8.16. The van der Waals surface area contributed by atoms with E-state index < -0.39 is 41.1 Å². The minimum absolute atomic E-state index is 0.209. The van der Waals surface area contributed by atoms with Gasteiger partial charge in [0.2, 0.25) is 11.8 Å². The molecule has 1 aromatic carbocycles. The summed E-state index contributed by atoms with van der Waals surface area (Å²) in [6.45, 7) is 6.15. The van der Waals surface area contributed by atoms with E-state index in [0.717, 1.165) is 18.4 Å². The van der Waals surface area contributed by atoms with Crippen molar-refractivity contribution < 1.29 is 29.0 Å². The number of amides is 2. The highest BCUT2D eigenvalue weighted by atomic mass is 16.6. The number of esters is 1. The van der Waals surface area contributed by atoms with E-state index in [-0.39, 0.29) is 25.0 Å². The summed E-state index contributed by atoms with van der Waals surface area (Å²) in [5.41, 5.74) is -0.962.